The number of aliphatic hydroxyl groups is 1. The Morgan fingerprint density at radius 3 is 2.69 bits per heavy atom. The molecule has 0 amide bonds. The van der Waals surface area contributed by atoms with E-state index in [9.17, 15) is 0 Å². The van der Waals surface area contributed by atoms with Crippen molar-refractivity contribution in [3.05, 3.63) is 23.8 Å². The first-order valence-electron chi connectivity index (χ1n) is 5.45. The van der Waals surface area contributed by atoms with E-state index in [1.807, 2.05) is 32.2 Å². The van der Waals surface area contributed by atoms with Gasteiger partial charge in [-0.25, -0.2) is 0 Å². The molecule has 4 heteroatoms. The molecule has 0 aliphatic rings. The third kappa shape index (κ3) is 3.72. The van der Waals surface area contributed by atoms with Crippen LogP contribution >= 0.6 is 0 Å². The predicted octanol–water partition coefficient (Wildman–Crippen LogP) is 1.18. The summed E-state index contributed by atoms with van der Waals surface area (Å²) in [5, 5.41) is 11.8. The molecule has 0 saturated carbocycles. The standard InChI is InChI=1S/C12H19NO3/c1-3-15-12-8-10(9-13-2)4-5-11(12)16-7-6-14/h4-5,8,13-14H,3,6-7,9H2,1-2H3. The molecule has 16 heavy (non-hydrogen) atoms. The van der Waals surface area contributed by atoms with Crippen LogP contribution in [0.3, 0.4) is 0 Å². The van der Waals surface area contributed by atoms with Gasteiger partial charge < -0.3 is 19.9 Å². The highest BCUT2D eigenvalue weighted by Crippen LogP contribution is 2.28. The predicted molar refractivity (Wildman–Crippen MR) is 63.0 cm³/mol. The Morgan fingerprint density at radius 2 is 2.06 bits per heavy atom. The molecule has 90 valence electrons. The summed E-state index contributed by atoms with van der Waals surface area (Å²) in [4.78, 5) is 0. The Bertz CT molecular complexity index is 315. The fraction of sp³-hybridized carbons (Fsp3) is 0.500. The molecule has 1 aromatic rings. The highest BCUT2D eigenvalue weighted by molar-refractivity contribution is 5.43. The van der Waals surface area contributed by atoms with E-state index in [0.717, 1.165) is 17.9 Å². The molecule has 2 N–H and O–H groups in total. The van der Waals surface area contributed by atoms with E-state index in [4.69, 9.17) is 14.6 Å². The number of hydrogen-bond acceptors (Lipinski definition) is 4. The highest BCUT2D eigenvalue weighted by atomic mass is 16.5. The zero-order valence-electron chi connectivity index (χ0n) is 9.82. The number of aliphatic hydroxyl groups excluding tert-OH is 1. The minimum absolute atomic E-state index is 0.00380. The first-order valence-corrected chi connectivity index (χ1v) is 5.45. The molecule has 0 aromatic heterocycles. The van der Waals surface area contributed by atoms with Crippen LogP contribution < -0.4 is 14.8 Å². The molecule has 0 saturated heterocycles. The van der Waals surface area contributed by atoms with Crippen LogP contribution in [0.2, 0.25) is 0 Å². The van der Waals surface area contributed by atoms with Gasteiger partial charge in [-0.3, -0.25) is 0 Å². The lowest BCUT2D eigenvalue weighted by atomic mass is 10.2. The number of ether oxygens (including phenoxy) is 2. The molecule has 0 atom stereocenters. The molecule has 0 spiro atoms. The second-order valence-corrected chi connectivity index (χ2v) is 3.32. The van der Waals surface area contributed by atoms with Crippen LogP contribution in [0, 0.1) is 0 Å². The fourth-order valence-corrected chi connectivity index (χ4v) is 1.41. The van der Waals surface area contributed by atoms with Gasteiger partial charge in [0, 0.05) is 6.54 Å². The first kappa shape index (κ1) is 12.8. The van der Waals surface area contributed by atoms with E-state index in [1.165, 1.54) is 0 Å². The number of rotatable bonds is 7. The Kier molecular flexibility index (Phi) is 5.67. The lowest BCUT2D eigenvalue weighted by Gasteiger charge is -2.12. The normalized spacial score (nSPS) is 10.2. The Morgan fingerprint density at radius 1 is 1.25 bits per heavy atom. The van der Waals surface area contributed by atoms with Crippen LogP contribution in [0.1, 0.15) is 12.5 Å². The van der Waals surface area contributed by atoms with Gasteiger partial charge in [-0.05, 0) is 31.7 Å². The van der Waals surface area contributed by atoms with Crippen LogP contribution in [0.25, 0.3) is 0 Å². The molecule has 0 aliphatic carbocycles. The molecule has 0 unspecified atom stereocenters. The number of hydrogen-bond donors (Lipinski definition) is 2. The van der Waals surface area contributed by atoms with Crippen molar-refractivity contribution in [2.45, 2.75) is 13.5 Å². The van der Waals surface area contributed by atoms with Gasteiger partial charge in [-0.2, -0.15) is 0 Å². The van der Waals surface area contributed by atoms with Crippen molar-refractivity contribution in [3.8, 4) is 11.5 Å². The SMILES string of the molecule is CCOc1cc(CNC)ccc1OCCO. The molecular formula is C12H19NO3. The van der Waals surface area contributed by atoms with Crippen molar-refractivity contribution in [3.63, 3.8) is 0 Å². The van der Waals surface area contributed by atoms with Crippen molar-refractivity contribution in [1.29, 1.82) is 0 Å². The maximum absolute atomic E-state index is 8.71. The van der Waals surface area contributed by atoms with Crippen molar-refractivity contribution in [2.24, 2.45) is 0 Å². The topological polar surface area (TPSA) is 50.7 Å². The molecule has 0 radical (unpaired) electrons. The summed E-state index contributed by atoms with van der Waals surface area (Å²) in [5.74, 6) is 1.40. The van der Waals surface area contributed by atoms with Gasteiger partial charge >= 0.3 is 0 Å². The van der Waals surface area contributed by atoms with Crippen molar-refractivity contribution < 1.29 is 14.6 Å². The lowest BCUT2D eigenvalue weighted by Crippen LogP contribution is -2.07. The third-order valence-corrected chi connectivity index (χ3v) is 2.04. The minimum atomic E-state index is 0.00380. The van der Waals surface area contributed by atoms with E-state index in [2.05, 4.69) is 5.32 Å². The number of benzene rings is 1. The summed E-state index contributed by atoms with van der Waals surface area (Å²) in [7, 11) is 1.90. The van der Waals surface area contributed by atoms with Crippen molar-refractivity contribution in [1.82, 2.24) is 5.32 Å². The van der Waals surface area contributed by atoms with Gasteiger partial charge in [-0.15, -0.1) is 0 Å². The van der Waals surface area contributed by atoms with Gasteiger partial charge in [-0.1, -0.05) is 6.07 Å². The summed E-state index contributed by atoms with van der Waals surface area (Å²) >= 11 is 0. The number of nitrogens with one attached hydrogen (secondary N) is 1. The van der Waals surface area contributed by atoms with E-state index in [1.54, 1.807) is 0 Å². The monoisotopic (exact) mass is 225 g/mol. The first-order chi connectivity index (χ1) is 7.81. The second kappa shape index (κ2) is 7.09. The summed E-state index contributed by atoms with van der Waals surface area (Å²) < 4.78 is 10.9. The van der Waals surface area contributed by atoms with Crippen molar-refractivity contribution >= 4 is 0 Å². The smallest absolute Gasteiger partial charge is 0.161 e. The van der Waals surface area contributed by atoms with Gasteiger partial charge in [0.05, 0.1) is 13.2 Å². The van der Waals surface area contributed by atoms with Crippen molar-refractivity contribution in [2.75, 3.05) is 26.9 Å². The maximum Gasteiger partial charge on any atom is 0.161 e. The molecule has 1 aromatic carbocycles. The summed E-state index contributed by atoms with van der Waals surface area (Å²) in [6.07, 6.45) is 0. The maximum atomic E-state index is 8.71. The Hall–Kier alpha value is -1.26. The van der Waals surface area contributed by atoms with Crippen LogP contribution in [0.5, 0.6) is 11.5 Å². The third-order valence-electron chi connectivity index (χ3n) is 2.04. The molecule has 0 bridgehead atoms. The molecule has 0 aliphatic heterocycles. The van der Waals surface area contributed by atoms with Gasteiger partial charge in [0.15, 0.2) is 11.5 Å². The van der Waals surface area contributed by atoms with Gasteiger partial charge in [0.25, 0.3) is 0 Å². The fourth-order valence-electron chi connectivity index (χ4n) is 1.41. The van der Waals surface area contributed by atoms with E-state index >= 15 is 0 Å². The lowest BCUT2D eigenvalue weighted by molar-refractivity contribution is 0.194. The Labute approximate surface area is 96.2 Å². The molecule has 0 fully saturated rings. The Balaban J connectivity index is 2.80. The largest absolute Gasteiger partial charge is 0.490 e. The van der Waals surface area contributed by atoms with Crippen LogP contribution in [0.15, 0.2) is 18.2 Å². The summed E-state index contributed by atoms with van der Waals surface area (Å²) in [5.41, 5.74) is 1.14. The zero-order chi connectivity index (χ0) is 11.8. The molecule has 0 heterocycles. The summed E-state index contributed by atoms with van der Waals surface area (Å²) in [6.45, 7) is 3.61. The molecule has 1 rings (SSSR count). The van der Waals surface area contributed by atoms with Crippen LogP contribution in [-0.4, -0.2) is 32.0 Å². The molecule has 4 nitrogen and oxygen atoms in total. The quantitative estimate of drug-likeness (QED) is 0.731. The van der Waals surface area contributed by atoms with Crippen LogP contribution in [0.4, 0.5) is 0 Å². The molecular weight excluding hydrogens is 206 g/mol. The average molecular weight is 225 g/mol. The minimum Gasteiger partial charge on any atom is -0.490 e. The zero-order valence-corrected chi connectivity index (χ0v) is 9.82. The van der Waals surface area contributed by atoms with E-state index < -0.39 is 0 Å². The van der Waals surface area contributed by atoms with Gasteiger partial charge in [0.1, 0.15) is 6.61 Å². The second-order valence-electron chi connectivity index (χ2n) is 3.32. The van der Waals surface area contributed by atoms with Gasteiger partial charge in [0.2, 0.25) is 0 Å². The highest BCUT2D eigenvalue weighted by Gasteiger charge is 2.05. The van der Waals surface area contributed by atoms with Crippen LogP contribution in [-0.2, 0) is 6.54 Å². The summed E-state index contributed by atoms with van der Waals surface area (Å²) in [6, 6.07) is 5.80. The van der Waals surface area contributed by atoms with E-state index in [0.29, 0.717) is 12.4 Å². The average Bonchev–Trinajstić information content (AvgIpc) is 2.29. The van der Waals surface area contributed by atoms with E-state index in [-0.39, 0.29) is 13.2 Å².